The Bertz CT molecular complexity index is 1790. The lowest BCUT2D eigenvalue weighted by atomic mass is 9.99. The molecule has 0 saturated heterocycles. The molecule has 6 atom stereocenters. The molecule has 3 N–H and O–H groups in total. The van der Waals surface area contributed by atoms with E-state index in [9.17, 15) is 43.2 Å². The lowest BCUT2D eigenvalue weighted by Crippen LogP contribution is -2.30. The molecule has 0 aliphatic heterocycles. The lowest BCUT2D eigenvalue weighted by Gasteiger charge is -2.21. The zero-order valence-corrected chi connectivity index (χ0v) is 61.1. The lowest BCUT2D eigenvalue weighted by molar-refractivity contribution is -0.161. The van der Waals surface area contributed by atoms with E-state index >= 15 is 0 Å². The van der Waals surface area contributed by atoms with Crippen LogP contribution in [-0.2, 0) is 65.4 Å². The van der Waals surface area contributed by atoms with Crippen LogP contribution >= 0.6 is 15.6 Å². The van der Waals surface area contributed by atoms with Gasteiger partial charge < -0.3 is 33.8 Å². The van der Waals surface area contributed by atoms with Crippen LogP contribution in [0, 0.1) is 17.8 Å². The van der Waals surface area contributed by atoms with Crippen molar-refractivity contribution in [3.63, 3.8) is 0 Å². The van der Waals surface area contributed by atoms with Crippen LogP contribution in [0.4, 0.5) is 0 Å². The number of carbonyl (C=O) groups is 4. The number of rotatable bonds is 70. The van der Waals surface area contributed by atoms with Crippen molar-refractivity contribution in [2.45, 2.75) is 381 Å². The van der Waals surface area contributed by atoms with Crippen molar-refractivity contribution in [3.8, 4) is 0 Å². The van der Waals surface area contributed by atoms with E-state index in [1.54, 1.807) is 0 Å². The summed E-state index contributed by atoms with van der Waals surface area (Å²) in [5.74, 6) is 0.127. The van der Waals surface area contributed by atoms with Crippen molar-refractivity contribution in [3.05, 3.63) is 0 Å². The van der Waals surface area contributed by atoms with E-state index in [2.05, 4.69) is 48.5 Å². The quantitative estimate of drug-likeness (QED) is 0.0222. The third kappa shape index (κ3) is 65.1. The Kier molecular flexibility index (Phi) is 61.5. The SMILES string of the molecule is CCCCCCCCCCCCC(=O)O[C@H](COC(=O)CCCCCCCCC(C)C)COP(=O)(O)OC[C@H](O)COP(=O)(O)OC[C@@H](COC(=O)CCCCCCCCCC(C)C)OC(=O)CCCCCCCCCCCCCCCCCCCCC(C)CC. The largest absolute Gasteiger partial charge is 0.472 e. The zero-order valence-electron chi connectivity index (χ0n) is 59.3. The smallest absolute Gasteiger partial charge is 0.462 e. The van der Waals surface area contributed by atoms with E-state index in [1.165, 1.54) is 161 Å². The van der Waals surface area contributed by atoms with E-state index < -0.39 is 97.5 Å². The predicted octanol–water partition coefficient (Wildman–Crippen LogP) is 20.6. The molecular formula is C72H140O17P2. The molecule has 0 aromatic rings. The van der Waals surface area contributed by atoms with Crippen LogP contribution in [0.15, 0.2) is 0 Å². The second kappa shape index (κ2) is 62.8. The summed E-state index contributed by atoms with van der Waals surface area (Å²) in [6.07, 6.45) is 47.5. The molecular weight excluding hydrogens is 1200 g/mol. The van der Waals surface area contributed by atoms with E-state index in [4.69, 9.17) is 37.0 Å². The first-order valence-electron chi connectivity index (χ1n) is 37.4. The monoisotopic (exact) mass is 1340 g/mol. The van der Waals surface area contributed by atoms with Gasteiger partial charge in [0.1, 0.15) is 19.3 Å². The van der Waals surface area contributed by atoms with Gasteiger partial charge in [0.15, 0.2) is 12.2 Å². The number of unbranched alkanes of at least 4 members (excludes halogenated alkanes) is 37. The summed E-state index contributed by atoms with van der Waals surface area (Å²) < 4.78 is 68.2. The molecule has 0 rings (SSSR count). The molecule has 0 aliphatic carbocycles. The Balaban J connectivity index is 5.13. The standard InChI is InChI=1S/C72H140O17P2/c1-8-10-11-12-13-14-26-31-41-48-55-71(76)89-68(60-83-70(75)54-47-40-35-34-37-44-51-64(5)6)62-87-91(80,81)85-58-66(73)57-84-90(78,79)86-61-67(59-82-69(74)53-46-39-33-28-29-36-43-50-63(3)4)88-72(77)56-49-42-32-27-24-22-20-18-16-15-17-19-21-23-25-30-38-45-52-65(7)9-2/h63-68,73H,8-62H2,1-7H3,(H,78,79)(H,80,81)/t65?,66-,67-,68-/m1/s1. The van der Waals surface area contributed by atoms with E-state index in [0.717, 1.165) is 109 Å². The highest BCUT2D eigenvalue weighted by Gasteiger charge is 2.30. The van der Waals surface area contributed by atoms with Gasteiger partial charge in [-0.2, -0.15) is 0 Å². The molecule has 0 amide bonds. The molecule has 19 heteroatoms. The summed E-state index contributed by atoms with van der Waals surface area (Å²) in [4.78, 5) is 72.4. The fourth-order valence-corrected chi connectivity index (χ4v) is 12.4. The summed E-state index contributed by atoms with van der Waals surface area (Å²) in [5, 5.41) is 10.6. The number of phosphoric acid groups is 2. The van der Waals surface area contributed by atoms with Gasteiger partial charge in [-0.3, -0.25) is 37.3 Å². The fraction of sp³-hybridized carbons (Fsp3) is 0.944. The number of aliphatic hydroxyl groups is 1. The molecule has 0 aliphatic rings. The first-order valence-corrected chi connectivity index (χ1v) is 40.4. The van der Waals surface area contributed by atoms with Crippen LogP contribution in [0.5, 0.6) is 0 Å². The molecule has 0 aromatic heterocycles. The third-order valence-electron chi connectivity index (χ3n) is 17.0. The van der Waals surface area contributed by atoms with Gasteiger partial charge in [-0.25, -0.2) is 9.13 Å². The number of aliphatic hydroxyl groups excluding tert-OH is 1. The van der Waals surface area contributed by atoms with Crippen molar-refractivity contribution in [2.24, 2.45) is 17.8 Å². The van der Waals surface area contributed by atoms with Gasteiger partial charge in [0.2, 0.25) is 0 Å². The summed E-state index contributed by atoms with van der Waals surface area (Å²) in [7, 11) is -9.90. The molecule has 3 unspecified atom stereocenters. The van der Waals surface area contributed by atoms with E-state index in [-0.39, 0.29) is 25.7 Å². The van der Waals surface area contributed by atoms with Gasteiger partial charge in [-0.05, 0) is 43.4 Å². The fourth-order valence-electron chi connectivity index (χ4n) is 10.9. The molecule has 17 nitrogen and oxygen atoms in total. The molecule has 0 aromatic carbocycles. The third-order valence-corrected chi connectivity index (χ3v) is 18.9. The summed E-state index contributed by atoms with van der Waals surface area (Å²) in [6.45, 7) is 11.8. The second-order valence-corrected chi connectivity index (χ2v) is 30.1. The van der Waals surface area contributed by atoms with Gasteiger partial charge in [0.25, 0.3) is 0 Å². The van der Waals surface area contributed by atoms with Gasteiger partial charge >= 0.3 is 39.5 Å². The number of hydrogen-bond donors (Lipinski definition) is 3. The Hall–Kier alpha value is -1.94. The highest BCUT2D eigenvalue weighted by Crippen LogP contribution is 2.45. The van der Waals surface area contributed by atoms with Crippen LogP contribution in [0.25, 0.3) is 0 Å². The Morgan fingerprint density at radius 3 is 0.835 bits per heavy atom. The van der Waals surface area contributed by atoms with Gasteiger partial charge in [0.05, 0.1) is 26.4 Å². The summed E-state index contributed by atoms with van der Waals surface area (Å²) >= 11 is 0. The second-order valence-electron chi connectivity index (χ2n) is 27.2. The average Bonchev–Trinajstić information content (AvgIpc) is 3.61. The first-order chi connectivity index (χ1) is 43.8. The number of hydrogen-bond acceptors (Lipinski definition) is 15. The van der Waals surface area contributed by atoms with Crippen LogP contribution in [0.3, 0.4) is 0 Å². The van der Waals surface area contributed by atoms with Crippen molar-refractivity contribution in [1.82, 2.24) is 0 Å². The molecule has 0 fully saturated rings. The number of phosphoric ester groups is 2. The Labute approximate surface area is 556 Å². The van der Waals surface area contributed by atoms with Gasteiger partial charge in [-0.15, -0.1) is 0 Å². The Morgan fingerprint density at radius 1 is 0.319 bits per heavy atom. The van der Waals surface area contributed by atoms with Gasteiger partial charge in [0, 0.05) is 25.7 Å². The summed E-state index contributed by atoms with van der Waals surface area (Å²) in [6, 6.07) is 0. The van der Waals surface area contributed by atoms with Crippen LogP contribution < -0.4 is 0 Å². The molecule has 0 spiro atoms. The maximum absolute atomic E-state index is 13.0. The van der Waals surface area contributed by atoms with Crippen molar-refractivity contribution in [2.75, 3.05) is 39.6 Å². The zero-order chi connectivity index (χ0) is 67.3. The maximum Gasteiger partial charge on any atom is 0.472 e. The minimum Gasteiger partial charge on any atom is -0.462 e. The number of esters is 4. The maximum atomic E-state index is 13.0. The minimum absolute atomic E-state index is 0.105. The van der Waals surface area contributed by atoms with Crippen LogP contribution in [0.1, 0.15) is 363 Å². The average molecular weight is 1340 g/mol. The highest BCUT2D eigenvalue weighted by atomic mass is 31.2. The van der Waals surface area contributed by atoms with E-state index in [1.807, 2.05) is 0 Å². The minimum atomic E-state index is -4.95. The number of carbonyl (C=O) groups excluding carboxylic acids is 4. The molecule has 0 heterocycles. The predicted molar refractivity (Wildman–Crippen MR) is 368 cm³/mol. The van der Waals surface area contributed by atoms with Crippen molar-refractivity contribution < 1.29 is 80.2 Å². The Morgan fingerprint density at radius 2 is 0.560 bits per heavy atom. The highest BCUT2D eigenvalue weighted by molar-refractivity contribution is 7.47. The van der Waals surface area contributed by atoms with Crippen LogP contribution in [-0.4, -0.2) is 96.7 Å². The first kappa shape index (κ1) is 89.1. The van der Waals surface area contributed by atoms with Crippen molar-refractivity contribution in [1.29, 1.82) is 0 Å². The number of ether oxygens (including phenoxy) is 4. The summed E-state index contributed by atoms with van der Waals surface area (Å²) in [5.41, 5.74) is 0. The van der Waals surface area contributed by atoms with E-state index in [0.29, 0.717) is 37.5 Å². The van der Waals surface area contributed by atoms with Gasteiger partial charge in [-0.1, -0.05) is 312 Å². The molecule has 0 bridgehead atoms. The normalized spacial score (nSPS) is 14.5. The topological polar surface area (TPSA) is 237 Å². The molecule has 540 valence electrons. The molecule has 0 radical (unpaired) electrons. The van der Waals surface area contributed by atoms with Crippen molar-refractivity contribution >= 4 is 39.5 Å². The molecule has 91 heavy (non-hydrogen) atoms. The van der Waals surface area contributed by atoms with Crippen LogP contribution in [0.2, 0.25) is 0 Å². The molecule has 0 saturated carbocycles.